The van der Waals surface area contributed by atoms with Crippen LogP contribution in [0.4, 0.5) is 0 Å². The maximum Gasteiger partial charge on any atom is 0.103 e. The second kappa shape index (κ2) is 3.78. The standard InChI is InChI=1S/C12H12N4/c1-8-4-5-16(15-8)12-6-9(2)14-10(3)11(12)7-13/h4-6H,1-3H3. The van der Waals surface area contributed by atoms with E-state index in [2.05, 4.69) is 16.2 Å². The van der Waals surface area contributed by atoms with E-state index in [4.69, 9.17) is 5.26 Å². The Kier molecular flexibility index (Phi) is 2.45. The topological polar surface area (TPSA) is 54.5 Å². The van der Waals surface area contributed by atoms with Crippen molar-refractivity contribution in [1.29, 1.82) is 5.26 Å². The monoisotopic (exact) mass is 212 g/mol. The maximum absolute atomic E-state index is 9.13. The van der Waals surface area contributed by atoms with Gasteiger partial charge in [0.15, 0.2) is 0 Å². The summed E-state index contributed by atoms with van der Waals surface area (Å²) in [5.41, 5.74) is 3.93. The fourth-order valence-corrected chi connectivity index (χ4v) is 1.68. The molecule has 80 valence electrons. The van der Waals surface area contributed by atoms with Crippen molar-refractivity contribution in [3.63, 3.8) is 0 Å². The summed E-state index contributed by atoms with van der Waals surface area (Å²) in [7, 11) is 0. The minimum absolute atomic E-state index is 0.578. The molecule has 0 aromatic carbocycles. The average molecular weight is 212 g/mol. The quantitative estimate of drug-likeness (QED) is 0.727. The Morgan fingerprint density at radius 2 is 2.00 bits per heavy atom. The van der Waals surface area contributed by atoms with Crippen molar-refractivity contribution in [3.8, 4) is 11.8 Å². The van der Waals surface area contributed by atoms with Crippen LogP contribution in [0.2, 0.25) is 0 Å². The highest BCUT2D eigenvalue weighted by molar-refractivity contribution is 5.51. The van der Waals surface area contributed by atoms with Gasteiger partial charge < -0.3 is 0 Å². The molecule has 4 heteroatoms. The molecule has 0 aliphatic rings. The highest BCUT2D eigenvalue weighted by Crippen LogP contribution is 2.17. The number of pyridine rings is 1. The molecule has 0 aliphatic heterocycles. The van der Waals surface area contributed by atoms with Gasteiger partial charge in [-0.3, -0.25) is 4.98 Å². The molecule has 0 N–H and O–H groups in total. The van der Waals surface area contributed by atoms with Crippen LogP contribution in [0.3, 0.4) is 0 Å². The lowest BCUT2D eigenvalue weighted by Crippen LogP contribution is -2.03. The molecule has 2 rings (SSSR count). The second-order valence-corrected chi connectivity index (χ2v) is 3.76. The van der Waals surface area contributed by atoms with E-state index < -0.39 is 0 Å². The van der Waals surface area contributed by atoms with Crippen molar-refractivity contribution in [3.05, 3.63) is 41.0 Å². The van der Waals surface area contributed by atoms with Crippen LogP contribution in [0.15, 0.2) is 18.3 Å². The van der Waals surface area contributed by atoms with Gasteiger partial charge >= 0.3 is 0 Å². The SMILES string of the molecule is Cc1cc(-n2ccc(C)n2)c(C#N)c(C)n1. The first-order valence-electron chi connectivity index (χ1n) is 5.03. The first-order valence-corrected chi connectivity index (χ1v) is 5.03. The third-order valence-electron chi connectivity index (χ3n) is 2.39. The van der Waals surface area contributed by atoms with Crippen LogP contribution in [-0.2, 0) is 0 Å². The van der Waals surface area contributed by atoms with E-state index in [9.17, 15) is 0 Å². The molecule has 4 nitrogen and oxygen atoms in total. The first-order chi connectivity index (χ1) is 7.61. The van der Waals surface area contributed by atoms with E-state index in [1.807, 2.05) is 39.1 Å². The van der Waals surface area contributed by atoms with Crippen LogP contribution in [0.25, 0.3) is 5.69 Å². The van der Waals surface area contributed by atoms with Crippen LogP contribution >= 0.6 is 0 Å². The Labute approximate surface area is 94.2 Å². The van der Waals surface area contributed by atoms with Crippen LogP contribution in [0.1, 0.15) is 22.6 Å². The van der Waals surface area contributed by atoms with Gasteiger partial charge in [0.1, 0.15) is 6.07 Å². The number of nitriles is 1. The van der Waals surface area contributed by atoms with Gasteiger partial charge in [0.05, 0.1) is 22.6 Å². The lowest BCUT2D eigenvalue weighted by molar-refractivity contribution is 0.850. The molecule has 0 amide bonds. The zero-order valence-corrected chi connectivity index (χ0v) is 9.52. The van der Waals surface area contributed by atoms with Crippen molar-refractivity contribution in [2.45, 2.75) is 20.8 Å². The van der Waals surface area contributed by atoms with Crippen molar-refractivity contribution in [1.82, 2.24) is 14.8 Å². The van der Waals surface area contributed by atoms with Gasteiger partial charge in [-0.05, 0) is 32.9 Å². The Morgan fingerprint density at radius 3 is 2.56 bits per heavy atom. The molecule has 0 saturated carbocycles. The molecule has 0 unspecified atom stereocenters. The summed E-state index contributed by atoms with van der Waals surface area (Å²) in [6, 6.07) is 5.96. The highest BCUT2D eigenvalue weighted by Gasteiger charge is 2.10. The molecule has 0 atom stereocenters. The molecular formula is C12H12N4. The molecule has 16 heavy (non-hydrogen) atoms. The normalized spacial score (nSPS) is 10.1. The highest BCUT2D eigenvalue weighted by atomic mass is 15.3. The molecule has 0 fully saturated rings. The van der Waals surface area contributed by atoms with Gasteiger partial charge in [0.25, 0.3) is 0 Å². The Morgan fingerprint density at radius 1 is 1.25 bits per heavy atom. The summed E-state index contributed by atoms with van der Waals surface area (Å²) >= 11 is 0. The number of aromatic nitrogens is 3. The third-order valence-corrected chi connectivity index (χ3v) is 2.39. The van der Waals surface area contributed by atoms with Crippen molar-refractivity contribution in [2.75, 3.05) is 0 Å². The molecule has 0 saturated heterocycles. The molecule has 2 heterocycles. The van der Waals surface area contributed by atoms with E-state index in [1.165, 1.54) is 0 Å². The van der Waals surface area contributed by atoms with Gasteiger partial charge in [-0.1, -0.05) is 0 Å². The van der Waals surface area contributed by atoms with Crippen LogP contribution < -0.4 is 0 Å². The minimum atomic E-state index is 0.578. The van der Waals surface area contributed by atoms with Gasteiger partial charge in [-0.25, -0.2) is 4.68 Å². The Balaban J connectivity index is 2.69. The smallest absolute Gasteiger partial charge is 0.103 e. The summed E-state index contributed by atoms with van der Waals surface area (Å²) in [5.74, 6) is 0. The summed E-state index contributed by atoms with van der Waals surface area (Å²) in [5, 5.41) is 13.4. The van der Waals surface area contributed by atoms with Crippen molar-refractivity contribution >= 4 is 0 Å². The molecule has 0 aliphatic carbocycles. The number of nitrogens with zero attached hydrogens (tertiary/aromatic N) is 4. The zero-order chi connectivity index (χ0) is 11.7. The number of hydrogen-bond acceptors (Lipinski definition) is 3. The molecule has 0 spiro atoms. The average Bonchev–Trinajstić information content (AvgIpc) is 2.63. The fraction of sp³-hybridized carbons (Fsp3) is 0.250. The molecule has 0 bridgehead atoms. The van der Waals surface area contributed by atoms with Crippen molar-refractivity contribution in [2.24, 2.45) is 0 Å². The van der Waals surface area contributed by atoms with Crippen molar-refractivity contribution < 1.29 is 0 Å². The van der Waals surface area contributed by atoms with E-state index in [1.54, 1.807) is 4.68 Å². The summed E-state index contributed by atoms with van der Waals surface area (Å²) < 4.78 is 1.72. The Hall–Kier alpha value is -2.15. The van der Waals surface area contributed by atoms with Gasteiger partial charge in [0.2, 0.25) is 0 Å². The number of hydrogen-bond donors (Lipinski definition) is 0. The minimum Gasteiger partial charge on any atom is -0.257 e. The second-order valence-electron chi connectivity index (χ2n) is 3.76. The van der Waals surface area contributed by atoms with E-state index in [-0.39, 0.29) is 0 Å². The summed E-state index contributed by atoms with van der Waals surface area (Å²) in [6.45, 7) is 5.67. The van der Waals surface area contributed by atoms with Crippen LogP contribution in [-0.4, -0.2) is 14.8 Å². The molecular weight excluding hydrogens is 200 g/mol. The summed E-state index contributed by atoms with van der Waals surface area (Å²) in [4.78, 5) is 4.27. The van der Waals surface area contributed by atoms with Crippen LogP contribution in [0.5, 0.6) is 0 Å². The van der Waals surface area contributed by atoms with E-state index in [0.29, 0.717) is 5.56 Å². The number of aryl methyl sites for hydroxylation is 3. The third kappa shape index (κ3) is 1.68. The lowest BCUT2D eigenvalue weighted by Gasteiger charge is -2.07. The first kappa shape index (κ1) is 10.4. The van der Waals surface area contributed by atoms with Gasteiger partial charge in [-0.2, -0.15) is 10.4 Å². The zero-order valence-electron chi connectivity index (χ0n) is 9.52. The predicted molar refractivity (Wildman–Crippen MR) is 60.3 cm³/mol. The lowest BCUT2D eigenvalue weighted by atomic mass is 10.1. The van der Waals surface area contributed by atoms with Gasteiger partial charge in [-0.15, -0.1) is 0 Å². The summed E-state index contributed by atoms with van der Waals surface area (Å²) in [6.07, 6.45) is 1.85. The largest absolute Gasteiger partial charge is 0.257 e. The molecule has 2 aromatic heterocycles. The predicted octanol–water partition coefficient (Wildman–Crippen LogP) is 2.06. The van der Waals surface area contributed by atoms with E-state index >= 15 is 0 Å². The Bertz CT molecular complexity index is 575. The maximum atomic E-state index is 9.13. The van der Waals surface area contributed by atoms with Crippen LogP contribution in [0, 0.1) is 32.1 Å². The fourth-order valence-electron chi connectivity index (χ4n) is 1.68. The number of rotatable bonds is 1. The molecule has 0 radical (unpaired) electrons. The molecule has 2 aromatic rings. The van der Waals surface area contributed by atoms with Gasteiger partial charge in [0, 0.05) is 11.9 Å². The van der Waals surface area contributed by atoms with E-state index in [0.717, 1.165) is 22.8 Å².